The first kappa shape index (κ1) is 15.9. The molecule has 6 heteroatoms. The number of carbonyl (C=O) groups is 3. The van der Waals surface area contributed by atoms with Gasteiger partial charge in [0.05, 0.1) is 6.42 Å². The molecule has 0 bridgehead atoms. The fourth-order valence-electron chi connectivity index (χ4n) is 1.19. The molecule has 0 fully saturated rings. The molecule has 2 amide bonds. The number of rotatable bonds is 8. The van der Waals surface area contributed by atoms with E-state index < -0.39 is 17.9 Å². The highest BCUT2D eigenvalue weighted by atomic mass is 16.4. The molecule has 0 radical (unpaired) electrons. The molecule has 0 spiro atoms. The van der Waals surface area contributed by atoms with Crippen LogP contribution in [0.25, 0.3) is 0 Å². The van der Waals surface area contributed by atoms with E-state index in [1.165, 1.54) is 12.2 Å². The highest BCUT2D eigenvalue weighted by Crippen LogP contribution is 1.94. The Bertz CT molecular complexity index is 350. The minimum atomic E-state index is -0.992. The number of allylic oxidation sites excluding steroid dienone is 1. The van der Waals surface area contributed by atoms with Crippen LogP contribution in [-0.2, 0) is 14.4 Å². The zero-order valence-electron chi connectivity index (χ0n) is 10.3. The van der Waals surface area contributed by atoms with Gasteiger partial charge in [0.15, 0.2) is 0 Å². The molecule has 0 aromatic rings. The summed E-state index contributed by atoms with van der Waals surface area (Å²) in [5.74, 6) is -1.79. The summed E-state index contributed by atoms with van der Waals surface area (Å²) in [6.07, 6.45) is 4.50. The molecule has 100 valence electrons. The first-order valence-electron chi connectivity index (χ1n) is 5.54. The van der Waals surface area contributed by atoms with Crippen molar-refractivity contribution in [2.45, 2.75) is 25.8 Å². The Labute approximate surface area is 106 Å². The monoisotopic (exact) mass is 254 g/mol. The average Bonchev–Trinajstić information content (AvgIpc) is 2.28. The summed E-state index contributed by atoms with van der Waals surface area (Å²) in [5, 5.41) is 13.4. The molecule has 1 atom stereocenters. The number of aliphatic carboxylic acids is 1. The highest BCUT2D eigenvalue weighted by Gasteiger charge is 2.17. The second kappa shape index (κ2) is 8.98. The van der Waals surface area contributed by atoms with Gasteiger partial charge in [-0.05, 0) is 19.4 Å². The maximum atomic E-state index is 11.7. The van der Waals surface area contributed by atoms with Crippen LogP contribution in [0, 0.1) is 0 Å². The summed E-state index contributed by atoms with van der Waals surface area (Å²) in [6.45, 7) is 5.22. The molecule has 0 heterocycles. The molecule has 0 aromatic heterocycles. The van der Waals surface area contributed by atoms with Gasteiger partial charge < -0.3 is 15.7 Å². The van der Waals surface area contributed by atoms with Crippen molar-refractivity contribution in [1.82, 2.24) is 10.6 Å². The molecule has 18 heavy (non-hydrogen) atoms. The van der Waals surface area contributed by atoms with Gasteiger partial charge in [-0.15, -0.1) is 6.58 Å². The number of nitrogens with one attached hydrogen (secondary N) is 2. The lowest BCUT2D eigenvalue weighted by Crippen LogP contribution is -2.46. The molecular weight excluding hydrogens is 236 g/mol. The maximum absolute atomic E-state index is 11.7. The van der Waals surface area contributed by atoms with Crippen LogP contribution >= 0.6 is 0 Å². The lowest BCUT2D eigenvalue weighted by Gasteiger charge is -2.15. The number of carboxylic acid groups (broad SMARTS) is 1. The third-order valence-corrected chi connectivity index (χ3v) is 1.99. The summed E-state index contributed by atoms with van der Waals surface area (Å²) < 4.78 is 0. The van der Waals surface area contributed by atoms with Crippen LogP contribution in [0.2, 0.25) is 0 Å². The molecule has 0 saturated carbocycles. The van der Waals surface area contributed by atoms with Crippen molar-refractivity contribution in [2.24, 2.45) is 0 Å². The molecule has 0 aliphatic heterocycles. The first-order chi connectivity index (χ1) is 8.51. The van der Waals surface area contributed by atoms with Gasteiger partial charge in [0, 0.05) is 6.54 Å². The van der Waals surface area contributed by atoms with E-state index in [0.29, 0.717) is 0 Å². The molecule has 0 aliphatic carbocycles. The predicted molar refractivity (Wildman–Crippen MR) is 66.8 cm³/mol. The third kappa shape index (κ3) is 7.21. The molecule has 0 saturated heterocycles. The Morgan fingerprint density at radius 3 is 2.56 bits per heavy atom. The summed E-state index contributed by atoms with van der Waals surface area (Å²) in [7, 11) is 0. The lowest BCUT2D eigenvalue weighted by atomic mass is 10.2. The molecule has 0 rings (SSSR count). The zero-order chi connectivity index (χ0) is 14.0. The minimum absolute atomic E-state index is 0.0291. The smallest absolute Gasteiger partial charge is 0.305 e. The summed E-state index contributed by atoms with van der Waals surface area (Å²) in [6, 6.07) is -0.736. The standard InChI is InChI=1S/C12H18N2O4/c1-3-5-9(14-10(15)6-4-2)12(18)13-8-7-11(16)17/h3-4,6,9H,1,5,7-8H2,2H3,(H,13,18)(H,14,15)(H,16,17)/b6-4+. The van der Waals surface area contributed by atoms with Gasteiger partial charge in [-0.1, -0.05) is 12.2 Å². The lowest BCUT2D eigenvalue weighted by molar-refractivity contribution is -0.137. The van der Waals surface area contributed by atoms with Crippen molar-refractivity contribution in [2.75, 3.05) is 6.54 Å². The van der Waals surface area contributed by atoms with Gasteiger partial charge in [-0.3, -0.25) is 14.4 Å². The van der Waals surface area contributed by atoms with Crippen molar-refractivity contribution in [3.8, 4) is 0 Å². The topological polar surface area (TPSA) is 95.5 Å². The van der Waals surface area contributed by atoms with Gasteiger partial charge in [-0.2, -0.15) is 0 Å². The van der Waals surface area contributed by atoms with Crippen LogP contribution in [0.3, 0.4) is 0 Å². The van der Waals surface area contributed by atoms with Gasteiger partial charge in [-0.25, -0.2) is 0 Å². The number of carbonyl (C=O) groups excluding carboxylic acids is 2. The largest absolute Gasteiger partial charge is 0.481 e. The number of carboxylic acids is 1. The van der Waals surface area contributed by atoms with E-state index in [4.69, 9.17) is 5.11 Å². The Morgan fingerprint density at radius 1 is 1.39 bits per heavy atom. The van der Waals surface area contributed by atoms with Gasteiger partial charge in [0.25, 0.3) is 0 Å². The van der Waals surface area contributed by atoms with Crippen molar-refractivity contribution >= 4 is 17.8 Å². The van der Waals surface area contributed by atoms with E-state index in [1.807, 2.05) is 0 Å². The van der Waals surface area contributed by atoms with Crippen LogP contribution in [0.15, 0.2) is 24.8 Å². The Balaban J connectivity index is 4.30. The van der Waals surface area contributed by atoms with Crippen LogP contribution in [0.5, 0.6) is 0 Å². The van der Waals surface area contributed by atoms with Crippen molar-refractivity contribution in [3.05, 3.63) is 24.8 Å². The number of hydrogen-bond donors (Lipinski definition) is 3. The van der Waals surface area contributed by atoms with E-state index in [0.717, 1.165) is 0 Å². The third-order valence-electron chi connectivity index (χ3n) is 1.99. The molecular formula is C12H18N2O4. The van der Waals surface area contributed by atoms with Crippen molar-refractivity contribution in [3.63, 3.8) is 0 Å². The minimum Gasteiger partial charge on any atom is -0.481 e. The summed E-state index contributed by atoms with van der Waals surface area (Å²) >= 11 is 0. The average molecular weight is 254 g/mol. The Morgan fingerprint density at radius 2 is 2.06 bits per heavy atom. The molecule has 3 N–H and O–H groups in total. The quantitative estimate of drug-likeness (QED) is 0.426. The zero-order valence-corrected chi connectivity index (χ0v) is 10.3. The van der Waals surface area contributed by atoms with Crippen molar-refractivity contribution < 1.29 is 19.5 Å². The van der Waals surface area contributed by atoms with Gasteiger partial charge in [0.1, 0.15) is 6.04 Å². The van der Waals surface area contributed by atoms with Crippen LogP contribution in [0.1, 0.15) is 19.8 Å². The van der Waals surface area contributed by atoms with Gasteiger partial charge in [0.2, 0.25) is 11.8 Å². The van der Waals surface area contributed by atoms with E-state index in [1.54, 1.807) is 13.0 Å². The number of amides is 2. The van der Waals surface area contributed by atoms with E-state index in [9.17, 15) is 14.4 Å². The second-order valence-corrected chi connectivity index (χ2v) is 3.52. The SMILES string of the molecule is C=CCC(NC(=O)/C=C/C)C(=O)NCCC(=O)O. The molecule has 0 aromatic carbocycles. The Hall–Kier alpha value is -2.11. The van der Waals surface area contributed by atoms with Crippen molar-refractivity contribution in [1.29, 1.82) is 0 Å². The van der Waals surface area contributed by atoms with E-state index in [2.05, 4.69) is 17.2 Å². The fourth-order valence-corrected chi connectivity index (χ4v) is 1.19. The van der Waals surface area contributed by atoms with Crippen LogP contribution < -0.4 is 10.6 Å². The van der Waals surface area contributed by atoms with E-state index >= 15 is 0 Å². The highest BCUT2D eigenvalue weighted by molar-refractivity contribution is 5.93. The molecule has 0 aliphatic rings. The summed E-state index contributed by atoms with van der Waals surface area (Å²) in [4.78, 5) is 33.3. The predicted octanol–water partition coefficient (Wildman–Crippen LogP) is 0.214. The first-order valence-corrected chi connectivity index (χ1v) is 5.54. The molecule has 6 nitrogen and oxygen atoms in total. The van der Waals surface area contributed by atoms with E-state index in [-0.39, 0.29) is 25.3 Å². The summed E-state index contributed by atoms with van der Waals surface area (Å²) in [5.41, 5.74) is 0. The second-order valence-electron chi connectivity index (χ2n) is 3.52. The fraction of sp³-hybridized carbons (Fsp3) is 0.417. The Kier molecular flexibility index (Phi) is 7.92. The molecule has 1 unspecified atom stereocenters. The van der Waals surface area contributed by atoms with Crippen LogP contribution in [-0.4, -0.2) is 35.5 Å². The normalized spacial score (nSPS) is 11.8. The van der Waals surface area contributed by atoms with Gasteiger partial charge >= 0.3 is 5.97 Å². The number of hydrogen-bond acceptors (Lipinski definition) is 3. The van der Waals surface area contributed by atoms with Crippen LogP contribution in [0.4, 0.5) is 0 Å². The maximum Gasteiger partial charge on any atom is 0.305 e.